The van der Waals surface area contributed by atoms with Gasteiger partial charge in [0.25, 0.3) is 0 Å². The molecule has 1 atom stereocenters. The Balaban J connectivity index is 2.48. The van der Waals surface area contributed by atoms with Crippen molar-refractivity contribution >= 4 is 0 Å². The van der Waals surface area contributed by atoms with Gasteiger partial charge in [0.2, 0.25) is 0 Å². The molecule has 0 saturated heterocycles. The Morgan fingerprint density at radius 2 is 2.11 bits per heavy atom. The van der Waals surface area contributed by atoms with Crippen LogP contribution in [0.5, 0.6) is 5.75 Å². The van der Waals surface area contributed by atoms with Crippen molar-refractivity contribution in [2.45, 2.75) is 32.4 Å². The number of ether oxygens (including phenoxy) is 1. The minimum atomic E-state index is -2.78. The third-order valence-electron chi connectivity index (χ3n) is 2.66. The van der Waals surface area contributed by atoms with Crippen molar-refractivity contribution in [3.05, 3.63) is 29.8 Å². The molecule has 1 aromatic rings. The van der Waals surface area contributed by atoms with Crippen LogP contribution in [0, 0.1) is 0 Å². The lowest BCUT2D eigenvalue weighted by molar-refractivity contribution is -0.0499. The van der Waals surface area contributed by atoms with Crippen LogP contribution in [0.3, 0.4) is 0 Å². The summed E-state index contributed by atoms with van der Waals surface area (Å²) in [5.74, 6) is 0.193. The third kappa shape index (κ3) is 5.42. The highest BCUT2D eigenvalue weighted by Crippen LogP contribution is 2.20. The van der Waals surface area contributed by atoms with Gasteiger partial charge in [-0.25, -0.2) is 0 Å². The van der Waals surface area contributed by atoms with Crippen LogP contribution in [0.1, 0.15) is 31.4 Å². The van der Waals surface area contributed by atoms with E-state index in [1.807, 2.05) is 13.0 Å². The normalized spacial score (nSPS) is 12.7. The molecule has 3 N–H and O–H groups in total. The molecule has 1 unspecified atom stereocenters. The molecule has 0 aliphatic heterocycles. The molecule has 0 fully saturated rings. The van der Waals surface area contributed by atoms with E-state index in [-0.39, 0.29) is 11.8 Å². The van der Waals surface area contributed by atoms with Crippen molar-refractivity contribution < 1.29 is 13.5 Å². The van der Waals surface area contributed by atoms with E-state index in [4.69, 9.17) is 5.73 Å². The number of nitrogens with two attached hydrogens (primary N) is 1. The summed E-state index contributed by atoms with van der Waals surface area (Å²) in [5.41, 5.74) is 6.34. The smallest absolute Gasteiger partial charge is 0.387 e. The minimum absolute atomic E-state index is 0.101. The fourth-order valence-corrected chi connectivity index (χ4v) is 1.67. The first-order valence-electron chi connectivity index (χ1n) is 6.11. The number of halogens is 2. The van der Waals surface area contributed by atoms with Gasteiger partial charge in [-0.2, -0.15) is 8.78 Å². The fourth-order valence-electron chi connectivity index (χ4n) is 1.67. The van der Waals surface area contributed by atoms with Crippen LogP contribution in [0.25, 0.3) is 0 Å². The summed E-state index contributed by atoms with van der Waals surface area (Å²) in [6.45, 7) is 0.754. The zero-order valence-electron chi connectivity index (χ0n) is 10.5. The molecular weight excluding hydrogens is 238 g/mol. The summed E-state index contributed by atoms with van der Waals surface area (Å²) in [4.78, 5) is 0. The highest BCUT2D eigenvalue weighted by atomic mass is 19.3. The average Bonchev–Trinajstić information content (AvgIpc) is 2.34. The average molecular weight is 258 g/mol. The molecule has 1 aromatic carbocycles. The Morgan fingerprint density at radius 1 is 1.33 bits per heavy atom. The van der Waals surface area contributed by atoms with Crippen LogP contribution in [0.2, 0.25) is 0 Å². The van der Waals surface area contributed by atoms with E-state index >= 15 is 0 Å². The summed E-state index contributed by atoms with van der Waals surface area (Å²) in [6, 6.07) is 6.86. The molecule has 0 bridgehead atoms. The second-order valence-corrected chi connectivity index (χ2v) is 4.12. The zero-order chi connectivity index (χ0) is 13.4. The molecule has 0 spiro atoms. The summed E-state index contributed by atoms with van der Waals surface area (Å²) in [6.07, 6.45) is 1.99. The molecule has 0 saturated carbocycles. The van der Waals surface area contributed by atoms with Crippen LogP contribution < -0.4 is 15.8 Å². The number of nitrogens with one attached hydrogen (secondary N) is 1. The second kappa shape index (κ2) is 8.00. The Hall–Kier alpha value is -1.20. The van der Waals surface area contributed by atoms with Gasteiger partial charge in [-0.05, 0) is 50.6 Å². The molecule has 18 heavy (non-hydrogen) atoms. The predicted octanol–water partition coefficient (Wildman–Crippen LogP) is 2.68. The first-order valence-corrected chi connectivity index (χ1v) is 6.11. The third-order valence-corrected chi connectivity index (χ3v) is 2.66. The summed E-state index contributed by atoms with van der Waals surface area (Å²) in [5, 5.41) is 3.32. The zero-order valence-corrected chi connectivity index (χ0v) is 10.5. The lowest BCUT2D eigenvalue weighted by Gasteiger charge is -2.15. The Morgan fingerprint density at radius 3 is 2.78 bits per heavy atom. The van der Waals surface area contributed by atoms with Crippen LogP contribution in [0.15, 0.2) is 24.3 Å². The van der Waals surface area contributed by atoms with Crippen LogP contribution >= 0.6 is 0 Å². The Labute approximate surface area is 106 Å². The van der Waals surface area contributed by atoms with Gasteiger partial charge in [0, 0.05) is 6.04 Å². The Kier molecular flexibility index (Phi) is 6.60. The summed E-state index contributed by atoms with van der Waals surface area (Å²) in [7, 11) is 0. The lowest BCUT2D eigenvalue weighted by Crippen LogP contribution is -2.20. The van der Waals surface area contributed by atoms with Gasteiger partial charge in [-0.15, -0.1) is 0 Å². The fraction of sp³-hybridized carbons (Fsp3) is 0.538. The molecular formula is C13H20F2N2O. The van der Waals surface area contributed by atoms with Gasteiger partial charge in [0.05, 0.1) is 0 Å². The van der Waals surface area contributed by atoms with Crippen LogP contribution in [-0.4, -0.2) is 19.7 Å². The molecule has 102 valence electrons. The van der Waals surface area contributed by atoms with Gasteiger partial charge < -0.3 is 15.8 Å². The second-order valence-electron chi connectivity index (χ2n) is 4.12. The van der Waals surface area contributed by atoms with Crippen LogP contribution in [-0.2, 0) is 0 Å². The molecule has 1 rings (SSSR count). The molecule has 5 heteroatoms. The molecule has 0 radical (unpaired) electrons. The number of benzene rings is 1. The summed E-state index contributed by atoms with van der Waals surface area (Å²) >= 11 is 0. The van der Waals surface area contributed by atoms with Crippen molar-refractivity contribution in [1.82, 2.24) is 5.32 Å². The van der Waals surface area contributed by atoms with E-state index in [0.717, 1.165) is 24.9 Å². The van der Waals surface area contributed by atoms with Gasteiger partial charge in [-0.1, -0.05) is 12.1 Å². The van der Waals surface area contributed by atoms with E-state index in [1.54, 1.807) is 12.1 Å². The lowest BCUT2D eigenvalue weighted by atomic mass is 10.1. The summed E-state index contributed by atoms with van der Waals surface area (Å²) < 4.78 is 28.6. The van der Waals surface area contributed by atoms with Gasteiger partial charge >= 0.3 is 6.61 Å². The van der Waals surface area contributed by atoms with Crippen molar-refractivity contribution in [3.8, 4) is 5.75 Å². The quantitative estimate of drug-likeness (QED) is 0.705. The van der Waals surface area contributed by atoms with Crippen molar-refractivity contribution in [3.63, 3.8) is 0 Å². The molecule has 0 aliphatic rings. The van der Waals surface area contributed by atoms with E-state index in [1.165, 1.54) is 6.07 Å². The molecule has 0 amide bonds. The first-order chi connectivity index (χ1) is 8.63. The maximum Gasteiger partial charge on any atom is 0.387 e. The molecule has 0 heterocycles. The van der Waals surface area contributed by atoms with Gasteiger partial charge in [-0.3, -0.25) is 0 Å². The maximum atomic E-state index is 12.1. The molecule has 0 aromatic heterocycles. The number of hydrogen-bond donors (Lipinski definition) is 2. The first kappa shape index (κ1) is 14.9. The number of unbranched alkanes of at least 4 members (excludes halogenated alkanes) is 1. The predicted molar refractivity (Wildman–Crippen MR) is 67.8 cm³/mol. The topological polar surface area (TPSA) is 47.3 Å². The Bertz CT molecular complexity index is 348. The van der Waals surface area contributed by atoms with E-state index < -0.39 is 6.61 Å². The number of rotatable bonds is 8. The van der Waals surface area contributed by atoms with E-state index in [0.29, 0.717) is 6.54 Å². The monoisotopic (exact) mass is 258 g/mol. The SMILES string of the molecule is CC(NCCCCN)c1cccc(OC(F)F)c1. The largest absolute Gasteiger partial charge is 0.435 e. The van der Waals surface area contributed by atoms with Gasteiger partial charge in [0.15, 0.2) is 0 Å². The number of alkyl halides is 2. The van der Waals surface area contributed by atoms with Gasteiger partial charge in [0.1, 0.15) is 5.75 Å². The van der Waals surface area contributed by atoms with E-state index in [2.05, 4.69) is 10.1 Å². The molecule has 3 nitrogen and oxygen atoms in total. The highest BCUT2D eigenvalue weighted by molar-refractivity contribution is 5.30. The van der Waals surface area contributed by atoms with Crippen molar-refractivity contribution in [2.24, 2.45) is 5.73 Å². The highest BCUT2D eigenvalue weighted by Gasteiger charge is 2.08. The van der Waals surface area contributed by atoms with Crippen molar-refractivity contribution in [1.29, 1.82) is 0 Å². The standard InChI is InChI=1S/C13H20F2N2O/c1-10(17-8-3-2-7-16)11-5-4-6-12(9-11)18-13(14)15/h4-6,9-10,13,17H,2-3,7-8,16H2,1H3. The van der Waals surface area contributed by atoms with E-state index in [9.17, 15) is 8.78 Å². The number of hydrogen-bond acceptors (Lipinski definition) is 3. The maximum absolute atomic E-state index is 12.1. The molecule has 0 aliphatic carbocycles. The van der Waals surface area contributed by atoms with Crippen molar-refractivity contribution in [2.75, 3.05) is 13.1 Å². The van der Waals surface area contributed by atoms with Crippen LogP contribution in [0.4, 0.5) is 8.78 Å². The minimum Gasteiger partial charge on any atom is -0.435 e.